The van der Waals surface area contributed by atoms with Crippen molar-refractivity contribution >= 4 is 45.7 Å². The number of anilines is 1. The molecule has 168 valence electrons. The number of nitrogens with two attached hydrogens (primary N) is 1. The molecule has 32 heavy (non-hydrogen) atoms. The molecule has 0 radical (unpaired) electrons. The highest BCUT2D eigenvalue weighted by molar-refractivity contribution is 7.13. The molecule has 0 spiro atoms. The van der Waals surface area contributed by atoms with Crippen molar-refractivity contribution in [2.45, 2.75) is 24.9 Å². The Hall–Kier alpha value is -3.84. The van der Waals surface area contributed by atoms with E-state index in [0.717, 1.165) is 11.3 Å². The molecule has 1 saturated heterocycles. The molecule has 2 aliphatic heterocycles. The number of allylic oxidation sites excluding steroid dienone is 1. The maximum absolute atomic E-state index is 12.8. The molecule has 2 amide bonds. The third kappa shape index (κ3) is 3.90. The Morgan fingerprint density at radius 1 is 1.38 bits per heavy atom. The molecule has 1 fully saturated rings. The minimum atomic E-state index is -1.20. The van der Waals surface area contributed by atoms with Crippen molar-refractivity contribution in [1.82, 2.24) is 15.2 Å². The lowest BCUT2D eigenvalue weighted by atomic mass is 9.85. The quantitative estimate of drug-likeness (QED) is 0.226. The number of β-lactam (4-membered cyclic amide) rings is 1. The lowest BCUT2D eigenvalue weighted by Gasteiger charge is -2.48. The number of carbonyl (C=O) groups is 3. The predicted molar refractivity (Wildman–Crippen MR) is 111 cm³/mol. The number of pyridine rings is 1. The Morgan fingerprint density at radius 3 is 2.69 bits per heavy atom. The monoisotopic (exact) mass is 460 g/mol. The van der Waals surface area contributed by atoms with E-state index in [1.807, 2.05) is 6.07 Å². The first-order chi connectivity index (χ1) is 14.9. The lowest BCUT2D eigenvalue weighted by Crippen LogP contribution is -2.72. The molecule has 13 heteroatoms. The summed E-state index contributed by atoms with van der Waals surface area (Å²) in [6.07, 6.45) is 4.38. The van der Waals surface area contributed by atoms with E-state index in [0.29, 0.717) is 18.5 Å². The highest BCUT2D eigenvalue weighted by atomic mass is 32.1. The summed E-state index contributed by atoms with van der Waals surface area (Å²) in [4.78, 5) is 47.6. The minimum absolute atomic E-state index is 0. The van der Waals surface area contributed by atoms with Gasteiger partial charge >= 0.3 is 5.97 Å². The summed E-state index contributed by atoms with van der Waals surface area (Å²) >= 11 is 1.14. The summed E-state index contributed by atoms with van der Waals surface area (Å²) in [6, 6.07) is 4.03. The van der Waals surface area contributed by atoms with Gasteiger partial charge in [0.25, 0.3) is 11.8 Å². The Balaban J connectivity index is 0.00000289. The fraction of sp³-hybridized carbons (Fsp3) is 0.263. The molecule has 0 aromatic carbocycles. The predicted octanol–water partition coefficient (Wildman–Crippen LogP) is -0.371. The fourth-order valence-electron chi connectivity index (χ4n) is 3.77. The molecule has 4 rings (SSSR count). The van der Waals surface area contributed by atoms with E-state index in [-0.39, 0.29) is 27.7 Å². The smallest absolute Gasteiger partial charge is 0.359 e. The number of amides is 2. The number of nitrogens with zero attached hydrogens (tertiary/aromatic N) is 4. The van der Waals surface area contributed by atoms with Crippen molar-refractivity contribution in [2.24, 2.45) is 5.16 Å². The number of carboxylic acid groups (broad SMARTS) is 1. The topological polar surface area (TPSA) is 181 Å². The Labute approximate surface area is 185 Å². The molecule has 2 atom stereocenters. The Bertz CT molecular complexity index is 1110. The van der Waals surface area contributed by atoms with Crippen LogP contribution in [0.4, 0.5) is 5.13 Å². The summed E-state index contributed by atoms with van der Waals surface area (Å²) in [5.74, 6) is -2.36. The number of aliphatic carboxylic acids is 1. The van der Waals surface area contributed by atoms with Gasteiger partial charge in [0.15, 0.2) is 28.9 Å². The SMILES string of the molecule is CON=C(C(=O)N[C@@H]1C(=O)N2C(C(=O)O)=C([n+]3ccccc3)CCC12)c1csc(N)n1.[OH-]. The molecule has 0 saturated carbocycles. The van der Waals surface area contributed by atoms with Gasteiger partial charge in [0, 0.05) is 23.9 Å². The van der Waals surface area contributed by atoms with E-state index in [2.05, 4.69) is 15.5 Å². The molecule has 5 N–H and O–H groups in total. The third-order valence-corrected chi connectivity index (χ3v) is 5.76. The molecule has 2 aromatic rings. The second-order valence-corrected chi connectivity index (χ2v) is 7.73. The van der Waals surface area contributed by atoms with Gasteiger partial charge in [-0.3, -0.25) is 14.5 Å². The number of carbonyl (C=O) groups excluding carboxylic acids is 2. The molecular formula is C19H20N6O6S. The van der Waals surface area contributed by atoms with Crippen molar-refractivity contribution in [3.63, 3.8) is 0 Å². The van der Waals surface area contributed by atoms with Crippen LogP contribution < -0.4 is 15.6 Å². The number of aromatic nitrogens is 2. The van der Waals surface area contributed by atoms with Crippen LogP contribution in [0.3, 0.4) is 0 Å². The first-order valence-electron chi connectivity index (χ1n) is 9.32. The summed E-state index contributed by atoms with van der Waals surface area (Å²) in [5, 5.41) is 17.9. The maximum atomic E-state index is 12.8. The highest BCUT2D eigenvalue weighted by Crippen LogP contribution is 2.36. The van der Waals surface area contributed by atoms with Crippen LogP contribution in [-0.4, -0.2) is 63.2 Å². The van der Waals surface area contributed by atoms with Crippen LogP contribution in [0.15, 0.2) is 46.8 Å². The summed E-state index contributed by atoms with van der Waals surface area (Å²) in [7, 11) is 1.28. The number of nitrogen functional groups attached to an aromatic ring is 1. The number of thiazole rings is 1. The lowest BCUT2D eigenvalue weighted by molar-refractivity contribution is -0.585. The maximum Gasteiger partial charge on any atom is 0.359 e. The molecule has 0 bridgehead atoms. The summed E-state index contributed by atoms with van der Waals surface area (Å²) in [6.45, 7) is 0. The van der Waals surface area contributed by atoms with E-state index in [9.17, 15) is 19.5 Å². The van der Waals surface area contributed by atoms with Gasteiger partial charge in [0.05, 0.1) is 6.04 Å². The van der Waals surface area contributed by atoms with Crippen molar-refractivity contribution in [3.8, 4) is 0 Å². The largest absolute Gasteiger partial charge is 0.870 e. The number of hydrogen-bond acceptors (Lipinski definition) is 9. The molecule has 2 aromatic heterocycles. The average molecular weight is 460 g/mol. The Kier molecular flexibility index (Phi) is 6.50. The second kappa shape index (κ2) is 9.11. The van der Waals surface area contributed by atoms with Gasteiger partial charge in [-0.25, -0.2) is 9.78 Å². The van der Waals surface area contributed by atoms with Crippen LogP contribution in [0, 0.1) is 0 Å². The van der Waals surface area contributed by atoms with Crippen molar-refractivity contribution in [2.75, 3.05) is 12.8 Å². The fourth-order valence-corrected chi connectivity index (χ4v) is 4.32. The van der Waals surface area contributed by atoms with Crippen LogP contribution in [0.5, 0.6) is 0 Å². The minimum Gasteiger partial charge on any atom is -0.870 e. The normalized spacial score (nSPS) is 20.1. The zero-order valence-corrected chi connectivity index (χ0v) is 17.7. The van der Waals surface area contributed by atoms with Crippen molar-refractivity contribution in [3.05, 3.63) is 47.4 Å². The second-order valence-electron chi connectivity index (χ2n) is 6.84. The molecule has 12 nitrogen and oxygen atoms in total. The van der Waals surface area contributed by atoms with Crippen LogP contribution in [0.2, 0.25) is 0 Å². The summed E-state index contributed by atoms with van der Waals surface area (Å²) < 4.78 is 1.69. The van der Waals surface area contributed by atoms with Gasteiger partial charge in [-0.05, 0) is 6.42 Å². The Morgan fingerprint density at radius 2 is 2.09 bits per heavy atom. The van der Waals surface area contributed by atoms with Gasteiger partial charge in [0.2, 0.25) is 5.70 Å². The van der Waals surface area contributed by atoms with Gasteiger partial charge in [-0.2, -0.15) is 4.57 Å². The van der Waals surface area contributed by atoms with Crippen LogP contribution in [0.1, 0.15) is 18.5 Å². The van der Waals surface area contributed by atoms with Crippen LogP contribution >= 0.6 is 11.3 Å². The van der Waals surface area contributed by atoms with E-state index >= 15 is 0 Å². The number of fused-ring (bicyclic) bond motifs is 1. The van der Waals surface area contributed by atoms with Crippen molar-refractivity contribution in [1.29, 1.82) is 0 Å². The first kappa shape index (κ1) is 22.8. The van der Waals surface area contributed by atoms with Gasteiger partial charge in [0.1, 0.15) is 18.8 Å². The molecular weight excluding hydrogens is 440 g/mol. The zero-order chi connectivity index (χ0) is 22.1. The van der Waals surface area contributed by atoms with E-state index in [4.69, 9.17) is 10.6 Å². The summed E-state index contributed by atoms with van der Waals surface area (Å²) in [5.41, 5.74) is 6.16. The molecule has 4 heterocycles. The molecule has 2 aliphatic rings. The van der Waals surface area contributed by atoms with Crippen LogP contribution in [0.25, 0.3) is 5.70 Å². The number of nitrogens with one attached hydrogen (secondary N) is 1. The molecule has 1 unspecified atom stereocenters. The van der Waals surface area contributed by atoms with E-state index in [1.165, 1.54) is 12.0 Å². The zero-order valence-electron chi connectivity index (χ0n) is 16.8. The average Bonchev–Trinajstić information content (AvgIpc) is 3.20. The van der Waals surface area contributed by atoms with Gasteiger partial charge < -0.3 is 26.5 Å². The van der Waals surface area contributed by atoms with E-state index < -0.39 is 29.9 Å². The van der Waals surface area contributed by atoms with E-state index in [1.54, 1.807) is 34.5 Å². The molecule has 0 aliphatic carbocycles. The number of rotatable bonds is 6. The van der Waals surface area contributed by atoms with Crippen molar-refractivity contribution < 1.29 is 34.4 Å². The van der Waals surface area contributed by atoms with Gasteiger partial charge in [-0.1, -0.05) is 11.2 Å². The number of oxime groups is 1. The highest BCUT2D eigenvalue weighted by Gasteiger charge is 2.55. The number of hydrogen-bond donors (Lipinski definition) is 3. The first-order valence-corrected chi connectivity index (χ1v) is 10.2. The number of carboxylic acids is 1. The standard InChI is InChI=1S/C19H18N6O5S.H2O/c1-30-23-13(10-9-31-19(20)21-10)16(26)22-14-11-5-6-12(24-7-3-2-4-8-24)15(18(28)29)25(11)17(14)27;/h2-4,7-9,11,14H,5-6H2,1H3,(H3-,20,21,22,26,28,29);1H2/t11?,14-;/m0./s1. The van der Waals surface area contributed by atoms with Crippen LogP contribution in [-0.2, 0) is 19.2 Å². The van der Waals surface area contributed by atoms with Gasteiger partial charge in [-0.15, -0.1) is 11.3 Å². The third-order valence-electron chi connectivity index (χ3n) is 5.09.